The lowest BCUT2D eigenvalue weighted by Gasteiger charge is -2.30. The molecule has 1 saturated heterocycles. The number of hydrogen-bond donors (Lipinski definition) is 2. The second-order valence-electron chi connectivity index (χ2n) is 4.68. The van der Waals surface area contributed by atoms with Gasteiger partial charge >= 0.3 is 11.8 Å². The van der Waals surface area contributed by atoms with E-state index >= 15 is 0 Å². The van der Waals surface area contributed by atoms with Gasteiger partial charge in [-0.1, -0.05) is 6.92 Å². The quantitative estimate of drug-likeness (QED) is 0.395. The number of hydrogen-bond acceptors (Lipinski definition) is 3. The minimum atomic E-state index is -0.546. The summed E-state index contributed by atoms with van der Waals surface area (Å²) >= 11 is 0. The molecule has 3 amide bonds. The number of nitrogens with one attached hydrogen (secondary N) is 2. The average molecular weight is 255 g/mol. The maximum absolute atomic E-state index is 11.8. The number of carbonyl (C=O) groups excluding carboxylic acids is 3. The normalized spacial score (nSPS) is 19.2. The van der Waals surface area contributed by atoms with Crippen LogP contribution in [0.2, 0.25) is 0 Å². The molecule has 0 bridgehead atoms. The van der Waals surface area contributed by atoms with Crippen molar-refractivity contribution in [3.8, 4) is 0 Å². The third-order valence-corrected chi connectivity index (χ3v) is 3.01. The summed E-state index contributed by atoms with van der Waals surface area (Å²) in [6.45, 7) is 4.32. The Balaban J connectivity index is 2.23. The van der Waals surface area contributed by atoms with Crippen LogP contribution in [0.5, 0.6) is 0 Å². The monoisotopic (exact) mass is 255 g/mol. The molecule has 0 radical (unpaired) electrons. The average Bonchev–Trinajstić information content (AvgIpc) is 2.37. The van der Waals surface area contributed by atoms with Gasteiger partial charge in [0.25, 0.3) is 0 Å². The van der Waals surface area contributed by atoms with Crippen LogP contribution in [0, 0.1) is 5.92 Å². The molecule has 1 atom stereocenters. The molecule has 18 heavy (non-hydrogen) atoms. The van der Waals surface area contributed by atoms with Crippen LogP contribution in [0.3, 0.4) is 0 Å². The van der Waals surface area contributed by atoms with Gasteiger partial charge in [-0.3, -0.25) is 14.4 Å². The molecule has 6 heteroatoms. The predicted molar refractivity (Wildman–Crippen MR) is 66.7 cm³/mol. The van der Waals surface area contributed by atoms with E-state index < -0.39 is 11.8 Å². The third kappa shape index (κ3) is 4.73. The van der Waals surface area contributed by atoms with Gasteiger partial charge in [0, 0.05) is 26.2 Å². The van der Waals surface area contributed by atoms with E-state index in [1.54, 1.807) is 4.90 Å². The van der Waals surface area contributed by atoms with Crippen LogP contribution >= 0.6 is 0 Å². The van der Waals surface area contributed by atoms with E-state index in [9.17, 15) is 14.4 Å². The van der Waals surface area contributed by atoms with Crippen molar-refractivity contribution in [3.05, 3.63) is 0 Å². The van der Waals surface area contributed by atoms with Crippen LogP contribution in [-0.4, -0.2) is 49.3 Å². The summed E-state index contributed by atoms with van der Waals surface area (Å²) in [6.07, 6.45) is 3.31. The zero-order valence-electron chi connectivity index (χ0n) is 10.8. The molecule has 1 aliphatic heterocycles. The van der Waals surface area contributed by atoms with Crippen molar-refractivity contribution in [2.45, 2.75) is 26.2 Å². The molecule has 1 heterocycles. The number of likely N-dealkylation sites (tertiary alicyclic amines) is 1. The third-order valence-electron chi connectivity index (χ3n) is 3.01. The molecule has 0 spiro atoms. The van der Waals surface area contributed by atoms with Crippen molar-refractivity contribution < 1.29 is 14.4 Å². The van der Waals surface area contributed by atoms with Crippen LogP contribution in [-0.2, 0) is 14.4 Å². The predicted octanol–water partition coefficient (Wildman–Crippen LogP) is -0.503. The van der Waals surface area contributed by atoms with Crippen LogP contribution in [0.25, 0.3) is 0 Å². The van der Waals surface area contributed by atoms with Crippen LogP contribution in [0.4, 0.5) is 0 Å². The van der Waals surface area contributed by atoms with E-state index in [-0.39, 0.29) is 0 Å². The molecule has 1 fully saturated rings. The van der Waals surface area contributed by atoms with Crippen molar-refractivity contribution in [2.24, 2.45) is 5.92 Å². The maximum atomic E-state index is 11.8. The summed E-state index contributed by atoms with van der Waals surface area (Å²) in [5.41, 5.74) is 0. The Bertz CT molecular complexity index is 307. The number of carbonyl (C=O) groups is 3. The fourth-order valence-corrected chi connectivity index (χ4v) is 2.04. The van der Waals surface area contributed by atoms with Crippen molar-refractivity contribution in [3.63, 3.8) is 0 Å². The molecular weight excluding hydrogens is 234 g/mol. The minimum Gasteiger partial charge on any atom is -0.359 e. The highest BCUT2D eigenvalue weighted by Crippen LogP contribution is 2.15. The highest BCUT2D eigenvalue weighted by molar-refractivity contribution is 6.35. The van der Waals surface area contributed by atoms with Gasteiger partial charge in [0.05, 0.1) is 0 Å². The van der Waals surface area contributed by atoms with Crippen molar-refractivity contribution >= 4 is 18.2 Å². The summed E-state index contributed by atoms with van der Waals surface area (Å²) in [5, 5.41) is 5.06. The number of amides is 3. The Labute approximate surface area is 107 Å². The smallest absolute Gasteiger partial charge is 0.311 e. The van der Waals surface area contributed by atoms with Crippen LogP contribution in [0.15, 0.2) is 0 Å². The molecule has 0 aromatic rings. The fraction of sp³-hybridized carbons (Fsp3) is 0.750. The van der Waals surface area contributed by atoms with Gasteiger partial charge in [-0.25, -0.2) is 0 Å². The highest BCUT2D eigenvalue weighted by Gasteiger charge is 2.25. The zero-order chi connectivity index (χ0) is 13.4. The van der Waals surface area contributed by atoms with Gasteiger partial charge in [0.15, 0.2) is 0 Å². The summed E-state index contributed by atoms with van der Waals surface area (Å²) in [4.78, 5) is 35.0. The topological polar surface area (TPSA) is 78.5 Å². The van der Waals surface area contributed by atoms with Crippen LogP contribution < -0.4 is 10.6 Å². The molecule has 1 aliphatic rings. The van der Waals surface area contributed by atoms with E-state index in [1.165, 1.54) is 0 Å². The van der Waals surface area contributed by atoms with Gasteiger partial charge in [0.1, 0.15) is 0 Å². The SMILES string of the molecule is CC1CCCN(C(=O)C(=O)NCCCNC=O)C1. The Morgan fingerprint density at radius 2 is 2.17 bits per heavy atom. The lowest BCUT2D eigenvalue weighted by atomic mass is 10.0. The fourth-order valence-electron chi connectivity index (χ4n) is 2.04. The molecule has 0 aromatic carbocycles. The number of nitrogens with zero attached hydrogens (tertiary/aromatic N) is 1. The molecule has 0 aromatic heterocycles. The highest BCUT2D eigenvalue weighted by atomic mass is 16.2. The second kappa shape index (κ2) is 7.68. The number of rotatable bonds is 5. The van der Waals surface area contributed by atoms with Gasteiger partial charge < -0.3 is 15.5 Å². The van der Waals surface area contributed by atoms with Gasteiger partial charge in [-0.2, -0.15) is 0 Å². The first-order valence-electron chi connectivity index (χ1n) is 6.39. The first-order valence-corrected chi connectivity index (χ1v) is 6.39. The van der Waals surface area contributed by atoms with Gasteiger partial charge in [-0.15, -0.1) is 0 Å². The molecule has 6 nitrogen and oxygen atoms in total. The van der Waals surface area contributed by atoms with Gasteiger partial charge in [-0.05, 0) is 25.2 Å². The molecular formula is C12H21N3O3. The van der Waals surface area contributed by atoms with Gasteiger partial charge in [0.2, 0.25) is 6.41 Å². The molecule has 2 N–H and O–H groups in total. The maximum Gasteiger partial charge on any atom is 0.311 e. The second-order valence-corrected chi connectivity index (χ2v) is 4.68. The first-order chi connectivity index (χ1) is 8.65. The Morgan fingerprint density at radius 1 is 1.39 bits per heavy atom. The largest absolute Gasteiger partial charge is 0.359 e. The van der Waals surface area contributed by atoms with Crippen molar-refractivity contribution in [1.29, 1.82) is 0 Å². The van der Waals surface area contributed by atoms with Crippen molar-refractivity contribution in [1.82, 2.24) is 15.5 Å². The lowest BCUT2D eigenvalue weighted by molar-refractivity contribution is -0.146. The molecule has 102 valence electrons. The number of piperidine rings is 1. The lowest BCUT2D eigenvalue weighted by Crippen LogP contribution is -2.47. The van der Waals surface area contributed by atoms with E-state index in [2.05, 4.69) is 17.6 Å². The molecule has 1 unspecified atom stereocenters. The van der Waals surface area contributed by atoms with E-state index in [0.717, 1.165) is 12.8 Å². The summed E-state index contributed by atoms with van der Waals surface area (Å²) < 4.78 is 0. The van der Waals surface area contributed by atoms with E-state index in [1.807, 2.05) is 0 Å². The summed E-state index contributed by atoms with van der Waals surface area (Å²) in [7, 11) is 0. The van der Waals surface area contributed by atoms with Crippen molar-refractivity contribution in [2.75, 3.05) is 26.2 Å². The Hall–Kier alpha value is -1.59. The Kier molecular flexibility index (Phi) is 6.18. The summed E-state index contributed by atoms with van der Waals surface area (Å²) in [6, 6.07) is 0. The van der Waals surface area contributed by atoms with E-state index in [4.69, 9.17) is 0 Å². The molecule has 1 rings (SSSR count). The summed E-state index contributed by atoms with van der Waals surface area (Å²) in [5.74, 6) is -0.521. The first kappa shape index (κ1) is 14.5. The molecule has 0 saturated carbocycles. The van der Waals surface area contributed by atoms with E-state index in [0.29, 0.717) is 44.9 Å². The van der Waals surface area contributed by atoms with Crippen LogP contribution in [0.1, 0.15) is 26.2 Å². The zero-order valence-corrected chi connectivity index (χ0v) is 10.8. The standard InChI is InChI=1S/C12H21N3O3/c1-10-4-2-7-15(8-10)12(18)11(17)14-6-3-5-13-9-16/h9-10H,2-8H2,1H3,(H,13,16)(H,14,17). The minimum absolute atomic E-state index is 0.398. The molecule has 0 aliphatic carbocycles. The Morgan fingerprint density at radius 3 is 2.83 bits per heavy atom.